The first-order valence-electron chi connectivity index (χ1n) is 10.7. The molecule has 0 saturated carbocycles. The Labute approximate surface area is 178 Å². The number of carbonyl (C=O) groups excluding carboxylic acids is 1. The maximum absolute atomic E-state index is 12.4. The van der Waals surface area contributed by atoms with Crippen molar-refractivity contribution in [2.75, 3.05) is 13.1 Å². The first-order valence-corrected chi connectivity index (χ1v) is 11.1. The van der Waals surface area contributed by atoms with Crippen molar-refractivity contribution >= 4 is 18.1 Å². The number of carbonyl (C=O) groups is 1. The number of nitrogens with zero attached hydrogens (tertiary/aromatic N) is 3. The Kier molecular flexibility index (Phi) is 7.61. The number of likely N-dealkylation sites (tertiary alicyclic amines) is 1. The largest absolute Gasteiger partial charge is 0.350 e. The maximum Gasteiger partial charge on any atom is 0.240 e. The summed E-state index contributed by atoms with van der Waals surface area (Å²) in [5.41, 5.74) is 2.43. The van der Waals surface area contributed by atoms with Crippen molar-refractivity contribution < 1.29 is 4.79 Å². The van der Waals surface area contributed by atoms with E-state index in [9.17, 15) is 4.79 Å². The fourth-order valence-corrected chi connectivity index (χ4v) is 4.49. The highest BCUT2D eigenvalue weighted by Crippen LogP contribution is 2.22. The number of benzene rings is 1. The van der Waals surface area contributed by atoms with Gasteiger partial charge >= 0.3 is 0 Å². The van der Waals surface area contributed by atoms with E-state index in [1.54, 1.807) is 4.57 Å². The normalized spacial score (nSPS) is 20.0. The van der Waals surface area contributed by atoms with Crippen LogP contribution in [0.15, 0.2) is 24.3 Å². The van der Waals surface area contributed by atoms with Gasteiger partial charge in [0.2, 0.25) is 5.91 Å². The van der Waals surface area contributed by atoms with Gasteiger partial charge in [-0.05, 0) is 48.0 Å². The van der Waals surface area contributed by atoms with E-state index in [0.717, 1.165) is 42.6 Å². The number of rotatable bonds is 8. The fourth-order valence-electron chi connectivity index (χ4n) is 4.27. The second kappa shape index (κ2) is 10.2. The van der Waals surface area contributed by atoms with Gasteiger partial charge in [-0.2, -0.15) is 5.10 Å². The molecule has 158 valence electrons. The molecule has 1 aliphatic rings. The monoisotopic (exact) mass is 415 g/mol. The standard InChI is InChI=1S/C22H33N5OS/c1-4-5-20-24-25-22(29)27(20)15-21(28)23-11-18-6-8-19(9-7-18)14-26-12-16(2)10-17(3)13-26/h6-9,16-17H,4-5,10-15H2,1-3H3,(H,23,28)(H,25,29). The molecule has 2 N–H and O–H groups in total. The third-order valence-corrected chi connectivity index (χ3v) is 5.79. The van der Waals surface area contributed by atoms with Crippen LogP contribution in [0.2, 0.25) is 0 Å². The molecule has 2 aromatic rings. The molecule has 3 rings (SSSR count). The maximum atomic E-state index is 12.4. The number of nitrogens with one attached hydrogen (secondary N) is 2. The molecule has 2 atom stereocenters. The first-order chi connectivity index (χ1) is 13.9. The summed E-state index contributed by atoms with van der Waals surface area (Å²) in [5, 5.41) is 9.97. The SMILES string of the molecule is CCCc1n[nH]c(=S)n1CC(=O)NCc1ccc(CN2CC(C)CC(C)C2)cc1. The zero-order valence-electron chi connectivity index (χ0n) is 17.8. The van der Waals surface area contributed by atoms with E-state index in [0.29, 0.717) is 11.3 Å². The Morgan fingerprint density at radius 3 is 2.52 bits per heavy atom. The number of aryl methyl sites for hydroxylation is 1. The predicted octanol–water partition coefficient (Wildman–Crippen LogP) is 3.69. The van der Waals surface area contributed by atoms with E-state index in [4.69, 9.17) is 12.2 Å². The van der Waals surface area contributed by atoms with Crippen LogP contribution in [0.4, 0.5) is 0 Å². The van der Waals surface area contributed by atoms with Crippen molar-refractivity contribution in [3.05, 3.63) is 46.0 Å². The predicted molar refractivity (Wildman–Crippen MR) is 118 cm³/mol. The molecule has 7 heteroatoms. The number of hydrogen-bond acceptors (Lipinski definition) is 4. The fraction of sp³-hybridized carbons (Fsp3) is 0.591. The second-order valence-corrected chi connectivity index (χ2v) is 8.90. The molecule has 1 saturated heterocycles. The number of aromatic amines is 1. The summed E-state index contributed by atoms with van der Waals surface area (Å²) in [7, 11) is 0. The highest BCUT2D eigenvalue weighted by Gasteiger charge is 2.21. The first kappa shape index (κ1) is 21.7. The molecule has 29 heavy (non-hydrogen) atoms. The van der Waals surface area contributed by atoms with Gasteiger partial charge in [0.25, 0.3) is 0 Å². The van der Waals surface area contributed by atoms with Gasteiger partial charge in [-0.25, -0.2) is 0 Å². The van der Waals surface area contributed by atoms with Crippen LogP contribution in [0.3, 0.4) is 0 Å². The molecular formula is C22H33N5OS. The third-order valence-electron chi connectivity index (χ3n) is 5.48. The van der Waals surface area contributed by atoms with E-state index in [-0.39, 0.29) is 12.5 Å². The molecular weight excluding hydrogens is 382 g/mol. The van der Waals surface area contributed by atoms with Gasteiger partial charge in [0.1, 0.15) is 12.4 Å². The van der Waals surface area contributed by atoms with Gasteiger partial charge in [0.15, 0.2) is 4.77 Å². The smallest absolute Gasteiger partial charge is 0.240 e. The van der Waals surface area contributed by atoms with Crippen LogP contribution in [-0.4, -0.2) is 38.7 Å². The molecule has 2 heterocycles. The molecule has 0 aliphatic carbocycles. The van der Waals surface area contributed by atoms with E-state index in [1.165, 1.54) is 25.1 Å². The summed E-state index contributed by atoms with van der Waals surface area (Å²) in [5.74, 6) is 2.32. The average molecular weight is 416 g/mol. The number of piperidine rings is 1. The van der Waals surface area contributed by atoms with Crippen molar-refractivity contribution in [3.63, 3.8) is 0 Å². The summed E-state index contributed by atoms with van der Waals surface area (Å²) in [6, 6.07) is 8.57. The third kappa shape index (κ3) is 6.24. The van der Waals surface area contributed by atoms with Crippen molar-refractivity contribution in [1.29, 1.82) is 0 Å². The van der Waals surface area contributed by atoms with Crippen molar-refractivity contribution in [2.45, 2.75) is 59.7 Å². The summed E-state index contributed by atoms with van der Waals surface area (Å²) < 4.78 is 2.27. The van der Waals surface area contributed by atoms with E-state index >= 15 is 0 Å². The molecule has 6 nitrogen and oxygen atoms in total. The van der Waals surface area contributed by atoms with Crippen LogP contribution in [0.1, 0.15) is 50.6 Å². The van der Waals surface area contributed by atoms with E-state index < -0.39 is 0 Å². The van der Waals surface area contributed by atoms with Crippen molar-refractivity contribution in [1.82, 2.24) is 25.0 Å². The molecule has 1 aromatic heterocycles. The van der Waals surface area contributed by atoms with Gasteiger partial charge in [0.05, 0.1) is 0 Å². The van der Waals surface area contributed by atoms with Crippen LogP contribution < -0.4 is 5.32 Å². The lowest BCUT2D eigenvalue weighted by Crippen LogP contribution is -2.38. The average Bonchev–Trinajstić information content (AvgIpc) is 3.00. The molecule has 1 amide bonds. The highest BCUT2D eigenvalue weighted by atomic mass is 32.1. The Bertz CT molecular complexity index is 847. The van der Waals surface area contributed by atoms with Gasteiger partial charge in [0, 0.05) is 32.6 Å². The lowest BCUT2D eigenvalue weighted by molar-refractivity contribution is -0.121. The van der Waals surface area contributed by atoms with Gasteiger partial charge < -0.3 is 5.32 Å². The van der Waals surface area contributed by atoms with E-state index in [1.807, 2.05) is 0 Å². The minimum absolute atomic E-state index is 0.0554. The molecule has 1 fully saturated rings. The summed E-state index contributed by atoms with van der Waals surface area (Å²) in [4.78, 5) is 14.9. The summed E-state index contributed by atoms with van der Waals surface area (Å²) in [6.45, 7) is 10.8. The molecule has 0 spiro atoms. The van der Waals surface area contributed by atoms with Gasteiger partial charge in [-0.3, -0.25) is 19.4 Å². The van der Waals surface area contributed by atoms with Crippen LogP contribution in [0.5, 0.6) is 0 Å². The Balaban J connectivity index is 1.49. The van der Waals surface area contributed by atoms with Crippen LogP contribution >= 0.6 is 12.2 Å². The van der Waals surface area contributed by atoms with Crippen molar-refractivity contribution in [2.24, 2.45) is 11.8 Å². The van der Waals surface area contributed by atoms with Crippen LogP contribution in [0, 0.1) is 16.6 Å². The number of aromatic nitrogens is 3. The zero-order valence-corrected chi connectivity index (χ0v) is 18.6. The lowest BCUT2D eigenvalue weighted by Gasteiger charge is -2.35. The quantitative estimate of drug-likeness (QED) is 0.646. The van der Waals surface area contributed by atoms with E-state index in [2.05, 4.69) is 65.5 Å². The number of hydrogen-bond donors (Lipinski definition) is 2. The Hall–Kier alpha value is -1.99. The minimum Gasteiger partial charge on any atom is -0.350 e. The Morgan fingerprint density at radius 1 is 1.21 bits per heavy atom. The summed E-state index contributed by atoms with van der Waals surface area (Å²) in [6.07, 6.45) is 3.10. The highest BCUT2D eigenvalue weighted by molar-refractivity contribution is 7.71. The number of H-pyrrole nitrogens is 1. The topological polar surface area (TPSA) is 66.0 Å². The Morgan fingerprint density at radius 2 is 1.86 bits per heavy atom. The van der Waals surface area contributed by atoms with Gasteiger partial charge in [-0.1, -0.05) is 45.0 Å². The molecule has 2 unspecified atom stereocenters. The lowest BCUT2D eigenvalue weighted by atomic mass is 9.91. The number of amides is 1. The second-order valence-electron chi connectivity index (χ2n) is 8.51. The molecule has 0 bridgehead atoms. The van der Waals surface area contributed by atoms with Crippen LogP contribution in [0.25, 0.3) is 0 Å². The van der Waals surface area contributed by atoms with Gasteiger partial charge in [-0.15, -0.1) is 0 Å². The molecule has 1 aliphatic heterocycles. The summed E-state index contributed by atoms with van der Waals surface area (Å²) >= 11 is 5.24. The zero-order chi connectivity index (χ0) is 20.8. The van der Waals surface area contributed by atoms with Crippen LogP contribution in [-0.2, 0) is 30.8 Å². The molecule has 0 radical (unpaired) electrons. The van der Waals surface area contributed by atoms with Crippen molar-refractivity contribution in [3.8, 4) is 0 Å². The molecule has 1 aromatic carbocycles. The minimum atomic E-state index is -0.0554.